The summed E-state index contributed by atoms with van der Waals surface area (Å²) in [5.74, 6) is 0.906. The van der Waals surface area contributed by atoms with E-state index in [0.29, 0.717) is 0 Å². The monoisotopic (exact) mass is 298 g/mol. The number of fused-ring (bicyclic) bond motifs is 1. The van der Waals surface area contributed by atoms with E-state index in [-0.39, 0.29) is 0 Å². The van der Waals surface area contributed by atoms with E-state index in [1.165, 1.54) is 15.8 Å². The lowest BCUT2D eigenvalue weighted by molar-refractivity contribution is 0.414. The fraction of sp³-hybridized carbons (Fsp3) is 0.235. The third-order valence-electron chi connectivity index (χ3n) is 3.37. The molecule has 0 saturated heterocycles. The minimum absolute atomic E-state index is 0.867. The molecule has 0 atom stereocenters. The molecule has 21 heavy (non-hydrogen) atoms. The van der Waals surface area contributed by atoms with Crippen molar-refractivity contribution in [2.75, 3.05) is 19.0 Å². The zero-order chi connectivity index (χ0) is 14.7. The number of rotatable bonds is 5. The van der Waals surface area contributed by atoms with Crippen LogP contribution in [0.25, 0.3) is 10.2 Å². The summed E-state index contributed by atoms with van der Waals surface area (Å²) in [6.45, 7) is 2.97. The van der Waals surface area contributed by atoms with Gasteiger partial charge in [-0.15, -0.1) is 0 Å². The molecule has 0 radical (unpaired) electrons. The van der Waals surface area contributed by atoms with Crippen LogP contribution >= 0.6 is 11.3 Å². The molecule has 0 saturated carbocycles. The highest BCUT2D eigenvalue weighted by Crippen LogP contribution is 2.26. The predicted molar refractivity (Wildman–Crippen MR) is 89.5 cm³/mol. The molecule has 0 amide bonds. The van der Waals surface area contributed by atoms with Gasteiger partial charge >= 0.3 is 0 Å². The van der Waals surface area contributed by atoms with Crippen molar-refractivity contribution in [2.45, 2.75) is 13.3 Å². The molecule has 0 spiro atoms. The number of aromatic nitrogens is 1. The molecule has 1 heterocycles. The van der Waals surface area contributed by atoms with Gasteiger partial charge in [0.2, 0.25) is 0 Å². The highest BCUT2D eigenvalue weighted by Gasteiger charge is 2.03. The van der Waals surface area contributed by atoms with E-state index < -0.39 is 0 Å². The smallest absolute Gasteiger partial charge is 0.183 e. The van der Waals surface area contributed by atoms with Gasteiger partial charge in [0.05, 0.1) is 17.3 Å². The Morgan fingerprint density at radius 1 is 1.19 bits per heavy atom. The first kappa shape index (κ1) is 13.9. The van der Waals surface area contributed by atoms with Crippen LogP contribution in [-0.4, -0.2) is 18.6 Å². The quantitative estimate of drug-likeness (QED) is 0.764. The van der Waals surface area contributed by atoms with Crippen LogP contribution in [0.5, 0.6) is 5.75 Å². The Morgan fingerprint density at radius 2 is 2.10 bits per heavy atom. The fourth-order valence-corrected chi connectivity index (χ4v) is 3.24. The third kappa shape index (κ3) is 3.34. The van der Waals surface area contributed by atoms with Gasteiger partial charge in [-0.05, 0) is 48.7 Å². The number of hydrogen-bond acceptors (Lipinski definition) is 4. The van der Waals surface area contributed by atoms with Crippen LogP contribution < -0.4 is 10.1 Å². The molecule has 2 aromatic carbocycles. The summed E-state index contributed by atoms with van der Waals surface area (Å²) in [6, 6.07) is 14.5. The van der Waals surface area contributed by atoms with Crippen molar-refractivity contribution in [2.24, 2.45) is 0 Å². The van der Waals surface area contributed by atoms with Crippen LogP contribution in [0.1, 0.15) is 11.1 Å². The second kappa shape index (κ2) is 6.14. The molecule has 0 aliphatic rings. The summed E-state index contributed by atoms with van der Waals surface area (Å²) in [4.78, 5) is 4.60. The van der Waals surface area contributed by atoms with Gasteiger partial charge in [-0.2, -0.15) is 0 Å². The second-order valence-electron chi connectivity index (χ2n) is 5.02. The van der Waals surface area contributed by atoms with Crippen LogP contribution in [0, 0.1) is 6.92 Å². The van der Waals surface area contributed by atoms with Crippen LogP contribution in [0.3, 0.4) is 0 Å². The van der Waals surface area contributed by atoms with Crippen LogP contribution in [0.15, 0.2) is 42.5 Å². The Hall–Kier alpha value is -2.07. The number of benzene rings is 2. The number of nitrogens with one attached hydrogen (secondary N) is 1. The summed E-state index contributed by atoms with van der Waals surface area (Å²) >= 11 is 1.71. The topological polar surface area (TPSA) is 34.1 Å². The van der Waals surface area contributed by atoms with Gasteiger partial charge in [-0.1, -0.05) is 29.5 Å². The number of thiazole rings is 1. The molecule has 1 N–H and O–H groups in total. The molecule has 1 aromatic heterocycles. The van der Waals surface area contributed by atoms with Gasteiger partial charge in [0.15, 0.2) is 5.13 Å². The summed E-state index contributed by atoms with van der Waals surface area (Å²) in [7, 11) is 1.69. The fourth-order valence-electron chi connectivity index (χ4n) is 2.25. The van der Waals surface area contributed by atoms with Crippen LogP contribution in [0.4, 0.5) is 5.13 Å². The number of anilines is 1. The number of aryl methyl sites for hydroxylation is 1. The van der Waals surface area contributed by atoms with E-state index in [4.69, 9.17) is 4.74 Å². The van der Waals surface area contributed by atoms with E-state index in [0.717, 1.165) is 29.4 Å². The number of methoxy groups -OCH3 is 1. The highest BCUT2D eigenvalue weighted by atomic mass is 32.1. The maximum absolute atomic E-state index is 5.24. The third-order valence-corrected chi connectivity index (χ3v) is 4.34. The Labute approximate surface area is 128 Å². The molecule has 0 unspecified atom stereocenters. The highest BCUT2D eigenvalue weighted by molar-refractivity contribution is 7.22. The van der Waals surface area contributed by atoms with E-state index in [2.05, 4.69) is 47.6 Å². The van der Waals surface area contributed by atoms with Crippen molar-refractivity contribution in [1.29, 1.82) is 0 Å². The molecule has 3 aromatic rings. The van der Waals surface area contributed by atoms with Crippen LogP contribution in [-0.2, 0) is 6.42 Å². The molecule has 0 aliphatic carbocycles. The van der Waals surface area contributed by atoms with Gasteiger partial charge < -0.3 is 10.1 Å². The maximum Gasteiger partial charge on any atom is 0.183 e. The lowest BCUT2D eigenvalue weighted by Gasteiger charge is -2.05. The van der Waals surface area contributed by atoms with E-state index >= 15 is 0 Å². The van der Waals surface area contributed by atoms with E-state index in [1.807, 2.05) is 12.1 Å². The molecule has 0 fully saturated rings. The largest absolute Gasteiger partial charge is 0.497 e. The molecule has 3 rings (SSSR count). The normalized spacial score (nSPS) is 10.8. The van der Waals surface area contributed by atoms with E-state index in [1.54, 1.807) is 18.4 Å². The van der Waals surface area contributed by atoms with Crippen molar-refractivity contribution >= 4 is 26.7 Å². The Balaban J connectivity index is 1.63. The van der Waals surface area contributed by atoms with Gasteiger partial charge in [-0.25, -0.2) is 4.98 Å². The molecule has 0 aliphatic heterocycles. The SMILES string of the molecule is COc1cccc(CCNc2nc3ccc(C)cc3s2)c1. The molecule has 108 valence electrons. The first-order valence-corrected chi connectivity index (χ1v) is 7.80. The first-order chi connectivity index (χ1) is 10.2. The van der Waals surface area contributed by atoms with Gasteiger partial charge in [-0.3, -0.25) is 0 Å². The number of ether oxygens (including phenoxy) is 1. The number of nitrogens with zero attached hydrogens (tertiary/aromatic N) is 1. The molecule has 4 heteroatoms. The average molecular weight is 298 g/mol. The lowest BCUT2D eigenvalue weighted by Crippen LogP contribution is -2.04. The Bertz CT molecular complexity index is 751. The average Bonchev–Trinajstić information content (AvgIpc) is 2.89. The summed E-state index contributed by atoms with van der Waals surface area (Å²) in [5.41, 5.74) is 3.60. The predicted octanol–water partition coefficient (Wildman–Crippen LogP) is 4.27. The summed E-state index contributed by atoms with van der Waals surface area (Å²) < 4.78 is 6.47. The molecule has 3 nitrogen and oxygen atoms in total. The van der Waals surface area contributed by atoms with Crippen molar-refractivity contribution in [3.8, 4) is 5.75 Å². The minimum Gasteiger partial charge on any atom is -0.497 e. The van der Waals surface area contributed by atoms with Gasteiger partial charge in [0.25, 0.3) is 0 Å². The van der Waals surface area contributed by atoms with Gasteiger partial charge in [0, 0.05) is 6.54 Å². The summed E-state index contributed by atoms with van der Waals surface area (Å²) in [6.07, 6.45) is 0.951. The Morgan fingerprint density at radius 3 is 2.95 bits per heavy atom. The van der Waals surface area contributed by atoms with Crippen molar-refractivity contribution in [3.05, 3.63) is 53.6 Å². The van der Waals surface area contributed by atoms with E-state index in [9.17, 15) is 0 Å². The second-order valence-corrected chi connectivity index (χ2v) is 6.05. The van der Waals surface area contributed by atoms with Crippen molar-refractivity contribution in [1.82, 2.24) is 4.98 Å². The number of hydrogen-bond donors (Lipinski definition) is 1. The Kier molecular flexibility index (Phi) is 4.06. The molecular formula is C17H18N2OS. The maximum atomic E-state index is 5.24. The van der Waals surface area contributed by atoms with Gasteiger partial charge in [0.1, 0.15) is 5.75 Å². The first-order valence-electron chi connectivity index (χ1n) is 6.98. The zero-order valence-corrected chi connectivity index (χ0v) is 13.0. The standard InChI is InChI=1S/C17H18N2OS/c1-12-6-7-15-16(10-12)21-17(19-15)18-9-8-13-4-3-5-14(11-13)20-2/h3-7,10-11H,8-9H2,1-2H3,(H,18,19). The van der Waals surface area contributed by atoms with Crippen molar-refractivity contribution < 1.29 is 4.74 Å². The molecule has 0 bridgehead atoms. The zero-order valence-electron chi connectivity index (χ0n) is 12.2. The minimum atomic E-state index is 0.867. The lowest BCUT2D eigenvalue weighted by atomic mass is 10.1. The van der Waals surface area contributed by atoms with Crippen molar-refractivity contribution in [3.63, 3.8) is 0 Å². The van der Waals surface area contributed by atoms with Crippen LogP contribution in [0.2, 0.25) is 0 Å². The summed E-state index contributed by atoms with van der Waals surface area (Å²) in [5, 5.41) is 4.39. The molecular weight excluding hydrogens is 280 g/mol.